The molecule has 1 aromatic heterocycles. The largest absolute Gasteiger partial charge is 0.378 e. The van der Waals surface area contributed by atoms with Gasteiger partial charge in [0.25, 0.3) is 0 Å². The van der Waals surface area contributed by atoms with E-state index in [0.29, 0.717) is 0 Å². The van der Waals surface area contributed by atoms with Crippen LogP contribution in [0.15, 0.2) is 41.2 Å². The van der Waals surface area contributed by atoms with E-state index in [1.54, 1.807) is 6.07 Å². The molecular formula is C15H13ClFN3O. The number of rotatable bonds is 3. The van der Waals surface area contributed by atoms with E-state index in [0.717, 1.165) is 22.3 Å². The van der Waals surface area contributed by atoms with Crippen molar-refractivity contribution in [3.8, 4) is 0 Å². The summed E-state index contributed by atoms with van der Waals surface area (Å²) >= 11 is 5.68. The first kappa shape index (κ1) is 13.7. The van der Waals surface area contributed by atoms with Crippen molar-refractivity contribution in [2.24, 2.45) is 0 Å². The Hall–Kier alpha value is -2.27. The normalized spacial score (nSPS) is 12.5. The molecule has 1 heterocycles. The quantitative estimate of drug-likeness (QED) is 0.689. The fourth-order valence-corrected chi connectivity index (χ4v) is 2.35. The van der Waals surface area contributed by atoms with Crippen LogP contribution in [-0.4, -0.2) is 9.97 Å². The second kappa shape index (κ2) is 5.26. The maximum absolute atomic E-state index is 13.5. The fourth-order valence-electron chi connectivity index (χ4n) is 2.24. The van der Waals surface area contributed by atoms with E-state index >= 15 is 0 Å². The topological polar surface area (TPSA) is 60.7 Å². The van der Waals surface area contributed by atoms with Gasteiger partial charge in [-0.1, -0.05) is 17.7 Å². The van der Waals surface area contributed by atoms with Crippen molar-refractivity contribution in [2.75, 3.05) is 5.32 Å². The first-order valence-corrected chi connectivity index (χ1v) is 6.84. The minimum absolute atomic E-state index is 0.0973. The van der Waals surface area contributed by atoms with E-state index in [9.17, 15) is 9.18 Å². The minimum Gasteiger partial charge on any atom is -0.378 e. The molecule has 4 nitrogen and oxygen atoms in total. The van der Waals surface area contributed by atoms with E-state index in [2.05, 4.69) is 15.3 Å². The van der Waals surface area contributed by atoms with Gasteiger partial charge in [-0.2, -0.15) is 0 Å². The summed E-state index contributed by atoms with van der Waals surface area (Å²) in [5.74, 6) is -0.437. The molecule has 0 amide bonds. The maximum atomic E-state index is 13.5. The highest BCUT2D eigenvalue weighted by atomic mass is 35.5. The van der Waals surface area contributed by atoms with Crippen LogP contribution in [0.5, 0.6) is 0 Å². The summed E-state index contributed by atoms with van der Waals surface area (Å²) in [6, 6.07) is 10.1. The summed E-state index contributed by atoms with van der Waals surface area (Å²) in [5, 5.41) is 3.37. The van der Waals surface area contributed by atoms with E-state index in [1.165, 1.54) is 12.1 Å². The fraction of sp³-hybridized carbons (Fsp3) is 0.133. The molecule has 1 atom stereocenters. The molecule has 0 radical (unpaired) electrons. The van der Waals surface area contributed by atoms with Crippen molar-refractivity contribution in [2.45, 2.75) is 13.0 Å². The lowest BCUT2D eigenvalue weighted by atomic mass is 10.1. The van der Waals surface area contributed by atoms with Crippen LogP contribution < -0.4 is 11.0 Å². The molecular weight excluding hydrogens is 293 g/mol. The van der Waals surface area contributed by atoms with Gasteiger partial charge in [0.15, 0.2) is 0 Å². The van der Waals surface area contributed by atoms with Crippen LogP contribution in [0.1, 0.15) is 18.5 Å². The maximum Gasteiger partial charge on any atom is 0.323 e. The molecule has 3 rings (SSSR count). The third-order valence-corrected chi connectivity index (χ3v) is 3.65. The second-order valence-corrected chi connectivity index (χ2v) is 5.29. The number of benzene rings is 2. The molecule has 0 aliphatic heterocycles. The zero-order chi connectivity index (χ0) is 15.0. The van der Waals surface area contributed by atoms with Crippen LogP contribution in [-0.2, 0) is 0 Å². The van der Waals surface area contributed by atoms with Gasteiger partial charge < -0.3 is 15.3 Å². The van der Waals surface area contributed by atoms with Crippen molar-refractivity contribution >= 4 is 28.3 Å². The number of imidazole rings is 1. The Morgan fingerprint density at radius 3 is 2.67 bits per heavy atom. The first-order chi connectivity index (χ1) is 10.0. The third-order valence-electron chi connectivity index (χ3n) is 3.34. The Kier molecular flexibility index (Phi) is 3.43. The summed E-state index contributed by atoms with van der Waals surface area (Å²) in [6.07, 6.45) is 0. The number of anilines is 1. The smallest absolute Gasteiger partial charge is 0.323 e. The van der Waals surface area contributed by atoms with Crippen LogP contribution in [0.3, 0.4) is 0 Å². The van der Waals surface area contributed by atoms with Gasteiger partial charge in [0, 0.05) is 11.7 Å². The SMILES string of the molecule is CC(Nc1ccc2[nH]c(=O)[nH]c2c1)c1ccc(Cl)c(F)c1. The predicted octanol–water partition coefficient (Wildman–Crippen LogP) is 3.82. The van der Waals surface area contributed by atoms with Gasteiger partial charge in [-0.05, 0) is 42.8 Å². The molecule has 0 saturated heterocycles. The van der Waals surface area contributed by atoms with Crippen LogP contribution in [0, 0.1) is 5.82 Å². The molecule has 3 N–H and O–H groups in total. The van der Waals surface area contributed by atoms with E-state index < -0.39 is 5.82 Å². The predicted molar refractivity (Wildman–Crippen MR) is 82.4 cm³/mol. The van der Waals surface area contributed by atoms with Gasteiger partial charge >= 0.3 is 5.69 Å². The highest BCUT2D eigenvalue weighted by Crippen LogP contribution is 2.24. The average Bonchev–Trinajstić information content (AvgIpc) is 2.81. The molecule has 0 aliphatic rings. The van der Waals surface area contributed by atoms with Crippen molar-refractivity contribution in [1.82, 2.24) is 9.97 Å². The lowest BCUT2D eigenvalue weighted by Crippen LogP contribution is -2.06. The molecule has 2 aromatic carbocycles. The summed E-state index contributed by atoms with van der Waals surface area (Å²) in [5.41, 5.74) is 2.85. The number of aromatic nitrogens is 2. The number of fused-ring (bicyclic) bond motifs is 1. The van der Waals surface area contributed by atoms with Crippen LogP contribution in [0.4, 0.5) is 10.1 Å². The minimum atomic E-state index is -0.437. The Balaban J connectivity index is 1.86. The molecule has 3 aromatic rings. The highest BCUT2D eigenvalue weighted by Gasteiger charge is 2.09. The van der Waals surface area contributed by atoms with Crippen molar-refractivity contribution in [3.05, 3.63) is 63.3 Å². The molecule has 108 valence electrons. The van der Waals surface area contributed by atoms with E-state index in [1.807, 2.05) is 25.1 Å². The van der Waals surface area contributed by atoms with Crippen molar-refractivity contribution in [3.63, 3.8) is 0 Å². The summed E-state index contributed by atoms with van der Waals surface area (Å²) < 4.78 is 13.5. The summed E-state index contributed by atoms with van der Waals surface area (Å²) in [4.78, 5) is 16.6. The molecule has 0 aliphatic carbocycles. The van der Waals surface area contributed by atoms with Crippen LogP contribution in [0.25, 0.3) is 11.0 Å². The Bertz CT molecular complexity index is 855. The number of nitrogens with one attached hydrogen (secondary N) is 3. The number of halogens is 2. The van der Waals surface area contributed by atoms with Gasteiger partial charge in [-0.15, -0.1) is 0 Å². The number of aromatic amines is 2. The van der Waals surface area contributed by atoms with Gasteiger partial charge in [0.05, 0.1) is 16.1 Å². The Labute approximate surface area is 125 Å². The van der Waals surface area contributed by atoms with Gasteiger partial charge in [-0.3, -0.25) is 0 Å². The standard InChI is InChI=1S/C15H13ClFN3O/c1-8(9-2-4-11(16)12(17)6-9)18-10-3-5-13-14(7-10)20-15(21)19-13/h2-8,18H,1H3,(H2,19,20,21). The Morgan fingerprint density at radius 2 is 1.90 bits per heavy atom. The van der Waals surface area contributed by atoms with Gasteiger partial charge in [-0.25, -0.2) is 9.18 Å². The van der Waals surface area contributed by atoms with Crippen molar-refractivity contribution < 1.29 is 4.39 Å². The molecule has 21 heavy (non-hydrogen) atoms. The zero-order valence-corrected chi connectivity index (χ0v) is 12.0. The lowest BCUT2D eigenvalue weighted by Gasteiger charge is -2.16. The van der Waals surface area contributed by atoms with Crippen LogP contribution in [0.2, 0.25) is 5.02 Å². The van der Waals surface area contributed by atoms with Gasteiger partial charge in [0.2, 0.25) is 0 Å². The number of H-pyrrole nitrogens is 2. The molecule has 0 fully saturated rings. The second-order valence-electron chi connectivity index (χ2n) is 4.88. The lowest BCUT2D eigenvalue weighted by molar-refractivity contribution is 0.624. The molecule has 1 unspecified atom stereocenters. The molecule has 0 saturated carbocycles. The van der Waals surface area contributed by atoms with Gasteiger partial charge in [0.1, 0.15) is 5.82 Å². The Morgan fingerprint density at radius 1 is 1.14 bits per heavy atom. The molecule has 0 bridgehead atoms. The zero-order valence-electron chi connectivity index (χ0n) is 11.2. The average molecular weight is 306 g/mol. The molecule has 0 spiro atoms. The van der Waals surface area contributed by atoms with Crippen molar-refractivity contribution in [1.29, 1.82) is 0 Å². The number of hydrogen-bond donors (Lipinski definition) is 3. The van der Waals surface area contributed by atoms with E-state index in [4.69, 9.17) is 11.6 Å². The summed E-state index contributed by atoms with van der Waals surface area (Å²) in [7, 11) is 0. The summed E-state index contributed by atoms with van der Waals surface area (Å²) in [6.45, 7) is 1.92. The van der Waals surface area contributed by atoms with Crippen LogP contribution >= 0.6 is 11.6 Å². The monoisotopic (exact) mass is 305 g/mol. The van der Waals surface area contributed by atoms with E-state index in [-0.39, 0.29) is 16.8 Å². The molecule has 6 heteroatoms. The highest BCUT2D eigenvalue weighted by molar-refractivity contribution is 6.30. The number of hydrogen-bond acceptors (Lipinski definition) is 2. The first-order valence-electron chi connectivity index (χ1n) is 6.46. The third kappa shape index (κ3) is 2.78.